The zero-order valence-electron chi connectivity index (χ0n) is 7.73. The minimum atomic E-state index is -0.0469. The molecular weight excluding hydrogens is 164 g/mol. The molecule has 1 heterocycles. The average molecular weight is 178 g/mol. The van der Waals surface area contributed by atoms with Crippen LogP contribution in [0.2, 0.25) is 0 Å². The molecule has 3 nitrogen and oxygen atoms in total. The van der Waals surface area contributed by atoms with E-state index in [1.165, 1.54) is 0 Å². The van der Waals surface area contributed by atoms with Crippen molar-refractivity contribution in [1.29, 1.82) is 0 Å². The zero-order chi connectivity index (χ0) is 9.68. The highest BCUT2D eigenvalue weighted by Crippen LogP contribution is 2.01. The Morgan fingerprint density at radius 2 is 2.15 bits per heavy atom. The van der Waals surface area contributed by atoms with Crippen molar-refractivity contribution < 1.29 is 4.79 Å². The van der Waals surface area contributed by atoms with E-state index in [9.17, 15) is 4.79 Å². The van der Waals surface area contributed by atoms with Crippen LogP contribution in [-0.2, 0) is 11.2 Å². The van der Waals surface area contributed by atoms with Crippen LogP contribution >= 0.6 is 0 Å². The fourth-order valence-electron chi connectivity index (χ4n) is 1.16. The number of nitrogens with two attached hydrogens (primary N) is 1. The summed E-state index contributed by atoms with van der Waals surface area (Å²) in [6, 6.07) is 3.65. The van der Waals surface area contributed by atoms with Gasteiger partial charge in [0.2, 0.25) is 0 Å². The Balaban J connectivity index is 2.46. The lowest BCUT2D eigenvalue weighted by molar-refractivity contribution is -0.118. The van der Waals surface area contributed by atoms with E-state index in [2.05, 4.69) is 4.98 Å². The summed E-state index contributed by atoms with van der Waals surface area (Å²) in [4.78, 5) is 15.2. The second-order valence-electron chi connectivity index (χ2n) is 3.25. The van der Waals surface area contributed by atoms with Gasteiger partial charge >= 0.3 is 0 Å². The number of aromatic nitrogens is 1. The van der Waals surface area contributed by atoms with Gasteiger partial charge in [-0.05, 0) is 24.6 Å². The van der Waals surface area contributed by atoms with Crippen molar-refractivity contribution in [3.05, 3.63) is 30.1 Å². The van der Waals surface area contributed by atoms with Gasteiger partial charge in [0.1, 0.15) is 5.78 Å². The second kappa shape index (κ2) is 4.72. The lowest BCUT2D eigenvalue weighted by atomic mass is 10.1. The van der Waals surface area contributed by atoms with Gasteiger partial charge in [-0.2, -0.15) is 0 Å². The maximum Gasteiger partial charge on any atom is 0.138 e. The summed E-state index contributed by atoms with van der Waals surface area (Å²) < 4.78 is 0. The lowest BCUT2D eigenvalue weighted by Crippen LogP contribution is -2.20. The monoisotopic (exact) mass is 178 g/mol. The van der Waals surface area contributed by atoms with Crippen LogP contribution in [0.25, 0.3) is 0 Å². The summed E-state index contributed by atoms with van der Waals surface area (Å²) in [6.45, 7) is 1.84. The highest BCUT2D eigenvalue weighted by molar-refractivity contribution is 5.81. The molecule has 0 fully saturated rings. The van der Waals surface area contributed by atoms with Gasteiger partial charge in [-0.25, -0.2) is 0 Å². The summed E-state index contributed by atoms with van der Waals surface area (Å²) in [5.41, 5.74) is 6.51. The molecule has 0 aliphatic rings. The summed E-state index contributed by atoms with van der Waals surface area (Å²) in [5, 5.41) is 0. The fraction of sp³-hybridized carbons (Fsp3) is 0.400. The van der Waals surface area contributed by atoms with Crippen LogP contribution in [0.4, 0.5) is 0 Å². The maximum atomic E-state index is 11.3. The van der Waals surface area contributed by atoms with Gasteiger partial charge in [0.05, 0.1) is 0 Å². The molecule has 0 aliphatic carbocycles. The summed E-state index contributed by atoms with van der Waals surface area (Å²) in [5.74, 6) is 0.182. The summed E-state index contributed by atoms with van der Waals surface area (Å²) in [7, 11) is 0. The number of hydrogen-bond donors (Lipinski definition) is 1. The Bertz CT molecular complexity index is 270. The predicted octanol–water partition coefficient (Wildman–Crippen LogP) is 0.930. The van der Waals surface area contributed by atoms with E-state index in [0.717, 1.165) is 5.56 Å². The molecule has 1 rings (SSSR count). The number of Topliss-reactive ketones (excluding diaryl/α,β-unsaturated/α-hetero) is 1. The van der Waals surface area contributed by atoms with Crippen LogP contribution in [0.3, 0.4) is 0 Å². The van der Waals surface area contributed by atoms with Crippen LogP contribution in [0.5, 0.6) is 0 Å². The normalized spacial score (nSPS) is 12.5. The lowest BCUT2D eigenvalue weighted by Gasteiger charge is -2.03. The molecule has 2 N–H and O–H groups in total. The number of carbonyl (C=O) groups is 1. The molecule has 13 heavy (non-hydrogen) atoms. The SMILES string of the molecule is CC(N)CC(=O)Cc1ccncc1. The number of ketones is 1. The van der Waals surface area contributed by atoms with Gasteiger partial charge in [0.15, 0.2) is 0 Å². The van der Waals surface area contributed by atoms with Crippen molar-refractivity contribution in [3.63, 3.8) is 0 Å². The zero-order valence-corrected chi connectivity index (χ0v) is 7.73. The smallest absolute Gasteiger partial charge is 0.138 e. The molecule has 0 aromatic carbocycles. The Morgan fingerprint density at radius 1 is 1.54 bits per heavy atom. The third-order valence-corrected chi connectivity index (χ3v) is 1.70. The maximum absolute atomic E-state index is 11.3. The molecule has 0 radical (unpaired) electrons. The van der Waals surface area contributed by atoms with Crippen molar-refractivity contribution in [2.24, 2.45) is 5.73 Å². The van der Waals surface area contributed by atoms with E-state index in [1.807, 2.05) is 19.1 Å². The molecule has 1 aromatic rings. The van der Waals surface area contributed by atoms with Gasteiger partial charge in [-0.15, -0.1) is 0 Å². The number of carbonyl (C=O) groups excluding carboxylic acids is 1. The number of hydrogen-bond acceptors (Lipinski definition) is 3. The number of pyridine rings is 1. The summed E-state index contributed by atoms with van der Waals surface area (Å²) >= 11 is 0. The van der Waals surface area contributed by atoms with Crippen LogP contribution in [-0.4, -0.2) is 16.8 Å². The van der Waals surface area contributed by atoms with Crippen LogP contribution in [0.15, 0.2) is 24.5 Å². The average Bonchev–Trinajstić information content (AvgIpc) is 2.04. The third-order valence-electron chi connectivity index (χ3n) is 1.70. The van der Waals surface area contributed by atoms with Gasteiger partial charge in [-0.3, -0.25) is 9.78 Å². The van der Waals surface area contributed by atoms with Crippen LogP contribution in [0.1, 0.15) is 18.9 Å². The largest absolute Gasteiger partial charge is 0.328 e. The molecule has 1 aromatic heterocycles. The molecular formula is C10H14N2O. The van der Waals surface area contributed by atoms with Crippen molar-refractivity contribution in [2.75, 3.05) is 0 Å². The topological polar surface area (TPSA) is 56.0 Å². The Kier molecular flexibility index (Phi) is 3.58. The molecule has 0 aliphatic heterocycles. The quantitative estimate of drug-likeness (QED) is 0.746. The predicted molar refractivity (Wildman–Crippen MR) is 51.2 cm³/mol. The van der Waals surface area contributed by atoms with E-state index in [4.69, 9.17) is 5.73 Å². The second-order valence-corrected chi connectivity index (χ2v) is 3.25. The first-order valence-electron chi connectivity index (χ1n) is 4.34. The Labute approximate surface area is 78.0 Å². The highest BCUT2D eigenvalue weighted by atomic mass is 16.1. The molecule has 1 unspecified atom stereocenters. The molecule has 0 bridgehead atoms. The number of rotatable bonds is 4. The van der Waals surface area contributed by atoms with Gasteiger partial charge in [-0.1, -0.05) is 0 Å². The standard InChI is InChI=1S/C10H14N2O/c1-8(11)6-10(13)7-9-2-4-12-5-3-9/h2-5,8H,6-7,11H2,1H3. The summed E-state index contributed by atoms with van der Waals surface area (Å²) in [6.07, 6.45) is 4.29. The molecule has 0 saturated carbocycles. The first-order chi connectivity index (χ1) is 6.18. The van der Waals surface area contributed by atoms with E-state index >= 15 is 0 Å². The molecule has 0 spiro atoms. The molecule has 70 valence electrons. The highest BCUT2D eigenvalue weighted by Gasteiger charge is 2.05. The first-order valence-corrected chi connectivity index (χ1v) is 4.34. The van der Waals surface area contributed by atoms with E-state index < -0.39 is 0 Å². The fourth-order valence-corrected chi connectivity index (χ4v) is 1.16. The van der Waals surface area contributed by atoms with Crippen LogP contribution < -0.4 is 5.73 Å². The molecule has 0 saturated heterocycles. The Hall–Kier alpha value is -1.22. The van der Waals surface area contributed by atoms with Gasteiger partial charge in [0, 0.05) is 31.3 Å². The van der Waals surface area contributed by atoms with Crippen molar-refractivity contribution in [3.8, 4) is 0 Å². The van der Waals surface area contributed by atoms with Crippen molar-refractivity contribution >= 4 is 5.78 Å². The molecule has 1 atom stereocenters. The minimum Gasteiger partial charge on any atom is -0.328 e. The third kappa shape index (κ3) is 3.80. The van der Waals surface area contributed by atoms with E-state index in [0.29, 0.717) is 12.8 Å². The molecule has 3 heteroatoms. The number of nitrogens with zero attached hydrogens (tertiary/aromatic N) is 1. The van der Waals surface area contributed by atoms with Gasteiger partial charge < -0.3 is 5.73 Å². The van der Waals surface area contributed by atoms with E-state index in [1.54, 1.807) is 12.4 Å². The molecule has 0 amide bonds. The van der Waals surface area contributed by atoms with E-state index in [-0.39, 0.29) is 11.8 Å². The minimum absolute atomic E-state index is 0.0469. The van der Waals surface area contributed by atoms with Gasteiger partial charge in [0.25, 0.3) is 0 Å². The first kappa shape index (κ1) is 9.86. The Morgan fingerprint density at radius 3 is 2.69 bits per heavy atom. The van der Waals surface area contributed by atoms with Crippen molar-refractivity contribution in [1.82, 2.24) is 4.98 Å². The van der Waals surface area contributed by atoms with Crippen molar-refractivity contribution in [2.45, 2.75) is 25.8 Å². The van der Waals surface area contributed by atoms with Crippen LogP contribution in [0, 0.1) is 0 Å².